The van der Waals surface area contributed by atoms with Crippen molar-refractivity contribution < 1.29 is 52.2 Å². The molecule has 0 aromatic carbocycles. The van der Waals surface area contributed by atoms with Gasteiger partial charge in [0.2, 0.25) is 0 Å². The second-order valence-electron chi connectivity index (χ2n) is 8.97. The minimum Gasteiger partial charge on any atom is -0.460 e. The topological polar surface area (TPSA) is 116 Å². The van der Waals surface area contributed by atoms with E-state index in [1.807, 2.05) is 0 Å². The number of ether oxygens (including phenoxy) is 10. The van der Waals surface area contributed by atoms with Crippen LogP contribution in [0.1, 0.15) is 6.92 Å². The van der Waals surface area contributed by atoms with Gasteiger partial charge in [0.05, 0.1) is 118 Å². The molecule has 0 aromatic heterocycles. The van der Waals surface area contributed by atoms with Gasteiger partial charge in [0.15, 0.2) is 0 Å². The lowest BCUT2D eigenvalue weighted by Gasteiger charge is -2.26. The Balaban J connectivity index is 1.81. The monoisotopic (exact) mass is 594 g/mol. The molecule has 41 heavy (non-hydrogen) atoms. The van der Waals surface area contributed by atoms with Gasteiger partial charge < -0.3 is 47.4 Å². The molecule has 0 N–H and O–H groups in total. The van der Waals surface area contributed by atoms with Gasteiger partial charge in [-0.2, -0.15) is 0 Å². The van der Waals surface area contributed by atoms with Crippen LogP contribution in [0.2, 0.25) is 0 Å². The number of hydrogen-bond donors (Lipinski definition) is 0. The third kappa shape index (κ3) is 23.0. The SMILES string of the molecule is C=CC(=O)OCCOCCOCCOCCN1CCN(CCOCCOCCOCCOCCOCCOC)C1C. The number of carbonyl (C=O) groups is 1. The van der Waals surface area contributed by atoms with Crippen LogP contribution in [-0.2, 0) is 52.2 Å². The van der Waals surface area contributed by atoms with E-state index in [0.717, 1.165) is 32.3 Å². The van der Waals surface area contributed by atoms with Gasteiger partial charge in [0, 0.05) is 39.4 Å². The average molecular weight is 595 g/mol. The van der Waals surface area contributed by atoms with Gasteiger partial charge >= 0.3 is 5.97 Å². The quantitative estimate of drug-likeness (QED) is 0.0629. The number of nitrogens with zero attached hydrogens (tertiary/aromatic N) is 2. The summed E-state index contributed by atoms with van der Waals surface area (Å²) in [6.07, 6.45) is 1.49. The van der Waals surface area contributed by atoms with Crippen molar-refractivity contribution in [2.75, 3.05) is 152 Å². The van der Waals surface area contributed by atoms with Crippen molar-refractivity contribution in [3.8, 4) is 0 Å². The van der Waals surface area contributed by atoms with Crippen LogP contribution in [0.25, 0.3) is 0 Å². The summed E-state index contributed by atoms with van der Waals surface area (Å²) in [5.74, 6) is -0.446. The number of carbonyl (C=O) groups excluding carboxylic acids is 1. The molecule has 13 nitrogen and oxygen atoms in total. The Morgan fingerprint density at radius 1 is 0.585 bits per heavy atom. The van der Waals surface area contributed by atoms with Crippen molar-refractivity contribution in [3.05, 3.63) is 12.7 Å². The first kappa shape index (κ1) is 37.8. The average Bonchev–Trinajstić information content (AvgIpc) is 3.33. The predicted octanol–water partition coefficient (Wildman–Crippen LogP) is 0.458. The summed E-state index contributed by atoms with van der Waals surface area (Å²) in [6, 6.07) is 0. The molecular weight excluding hydrogens is 540 g/mol. The number of esters is 1. The third-order valence-corrected chi connectivity index (χ3v) is 6.08. The molecule has 1 unspecified atom stereocenters. The summed E-state index contributed by atoms with van der Waals surface area (Å²) >= 11 is 0. The summed E-state index contributed by atoms with van der Waals surface area (Å²) in [5, 5.41) is 0. The van der Waals surface area contributed by atoms with Crippen molar-refractivity contribution in [2.24, 2.45) is 0 Å². The van der Waals surface area contributed by atoms with Crippen molar-refractivity contribution in [1.29, 1.82) is 0 Å². The van der Waals surface area contributed by atoms with Crippen LogP contribution in [-0.4, -0.2) is 174 Å². The molecule has 1 aliphatic rings. The maximum atomic E-state index is 10.9. The minimum atomic E-state index is -0.446. The molecule has 1 rings (SSSR count). The molecule has 13 heteroatoms. The Labute approximate surface area is 246 Å². The van der Waals surface area contributed by atoms with Crippen molar-refractivity contribution in [2.45, 2.75) is 13.1 Å². The molecule has 1 fully saturated rings. The van der Waals surface area contributed by atoms with Gasteiger partial charge in [-0.15, -0.1) is 0 Å². The summed E-state index contributed by atoms with van der Waals surface area (Å²) in [4.78, 5) is 15.7. The molecule has 242 valence electrons. The summed E-state index contributed by atoms with van der Waals surface area (Å²) in [5.41, 5.74) is 0. The first-order valence-corrected chi connectivity index (χ1v) is 14.6. The predicted molar refractivity (Wildman–Crippen MR) is 152 cm³/mol. The molecule has 0 bridgehead atoms. The van der Waals surface area contributed by atoms with Crippen LogP contribution in [0.15, 0.2) is 12.7 Å². The molecule has 1 saturated heterocycles. The van der Waals surface area contributed by atoms with Gasteiger partial charge in [-0.25, -0.2) is 4.79 Å². The summed E-state index contributed by atoms with van der Waals surface area (Å²) in [6.45, 7) is 18.9. The highest BCUT2D eigenvalue weighted by Gasteiger charge is 2.27. The number of hydrogen-bond acceptors (Lipinski definition) is 13. The molecule has 1 atom stereocenters. The zero-order chi connectivity index (χ0) is 29.6. The fourth-order valence-corrected chi connectivity index (χ4v) is 3.75. The fraction of sp³-hybridized carbons (Fsp3) is 0.893. The van der Waals surface area contributed by atoms with E-state index in [9.17, 15) is 4.79 Å². The lowest BCUT2D eigenvalue weighted by atomic mass is 10.4. The van der Waals surface area contributed by atoms with Crippen LogP contribution >= 0.6 is 0 Å². The molecule has 1 heterocycles. The Morgan fingerprint density at radius 3 is 1.24 bits per heavy atom. The molecule has 0 saturated carbocycles. The normalized spacial score (nSPS) is 16.0. The number of methoxy groups -OCH3 is 1. The highest BCUT2D eigenvalue weighted by molar-refractivity contribution is 5.81. The van der Waals surface area contributed by atoms with Crippen LogP contribution in [0, 0.1) is 0 Å². The largest absolute Gasteiger partial charge is 0.460 e. The molecule has 0 amide bonds. The van der Waals surface area contributed by atoms with E-state index in [0.29, 0.717) is 118 Å². The van der Waals surface area contributed by atoms with Gasteiger partial charge in [-0.1, -0.05) is 6.58 Å². The van der Waals surface area contributed by atoms with Crippen molar-refractivity contribution in [1.82, 2.24) is 9.80 Å². The van der Waals surface area contributed by atoms with E-state index in [4.69, 9.17) is 47.4 Å². The Morgan fingerprint density at radius 2 is 0.902 bits per heavy atom. The van der Waals surface area contributed by atoms with Gasteiger partial charge in [0.1, 0.15) is 6.61 Å². The second-order valence-corrected chi connectivity index (χ2v) is 8.97. The van der Waals surface area contributed by atoms with E-state index in [1.165, 1.54) is 0 Å². The highest BCUT2D eigenvalue weighted by Crippen LogP contribution is 2.13. The molecule has 0 spiro atoms. The first-order valence-electron chi connectivity index (χ1n) is 14.6. The molecular formula is C28H54N2O11. The minimum absolute atomic E-state index is 0.213. The lowest BCUT2D eigenvalue weighted by Crippen LogP contribution is -2.39. The first-order chi connectivity index (χ1) is 20.2. The smallest absolute Gasteiger partial charge is 0.330 e. The zero-order valence-electron chi connectivity index (χ0n) is 25.3. The van der Waals surface area contributed by atoms with E-state index >= 15 is 0 Å². The molecule has 1 aliphatic heterocycles. The van der Waals surface area contributed by atoms with Gasteiger partial charge in [-0.05, 0) is 6.92 Å². The van der Waals surface area contributed by atoms with Crippen LogP contribution in [0.5, 0.6) is 0 Å². The van der Waals surface area contributed by atoms with Crippen molar-refractivity contribution >= 4 is 5.97 Å². The second kappa shape index (κ2) is 28.9. The molecule has 0 aliphatic carbocycles. The van der Waals surface area contributed by atoms with Gasteiger partial charge in [0.25, 0.3) is 0 Å². The maximum Gasteiger partial charge on any atom is 0.330 e. The van der Waals surface area contributed by atoms with Crippen molar-refractivity contribution in [3.63, 3.8) is 0 Å². The van der Waals surface area contributed by atoms with E-state index in [2.05, 4.69) is 23.3 Å². The molecule has 0 radical (unpaired) electrons. The third-order valence-electron chi connectivity index (χ3n) is 6.08. The van der Waals surface area contributed by atoms with Gasteiger partial charge in [-0.3, -0.25) is 9.80 Å². The maximum absolute atomic E-state index is 10.9. The summed E-state index contributed by atoms with van der Waals surface area (Å²) in [7, 11) is 1.65. The lowest BCUT2D eigenvalue weighted by molar-refractivity contribution is -0.139. The highest BCUT2D eigenvalue weighted by atomic mass is 16.6. The van der Waals surface area contributed by atoms with E-state index < -0.39 is 5.97 Å². The number of rotatable bonds is 31. The van der Waals surface area contributed by atoms with Crippen LogP contribution in [0.4, 0.5) is 0 Å². The molecule has 0 aromatic rings. The Hall–Kier alpha value is -1.23. The standard InChI is InChI=1S/C28H54N2O11/c1-4-28(31)41-26-25-40-24-23-37-16-14-34-10-8-30-6-5-29(27(30)2)7-9-33-13-15-36-19-20-39-22-21-38-18-17-35-12-11-32-3/h4,27H,1,5-26H2,2-3H3. The Bertz CT molecular complexity index is 603. The van der Waals surface area contributed by atoms with E-state index in [1.54, 1.807) is 7.11 Å². The fourth-order valence-electron chi connectivity index (χ4n) is 3.75. The summed E-state index contributed by atoms with van der Waals surface area (Å²) < 4.78 is 53.7. The van der Waals surface area contributed by atoms with Crippen LogP contribution < -0.4 is 0 Å². The zero-order valence-corrected chi connectivity index (χ0v) is 25.3. The van der Waals surface area contributed by atoms with E-state index in [-0.39, 0.29) is 6.61 Å². The Kier molecular flexibility index (Phi) is 26.6. The van der Waals surface area contributed by atoms with Crippen LogP contribution in [0.3, 0.4) is 0 Å².